The number of hydrogen-bond acceptors (Lipinski definition) is 2. The van der Waals surface area contributed by atoms with Crippen LogP contribution in [0, 0.1) is 0 Å². The lowest BCUT2D eigenvalue weighted by atomic mass is 9.65. The molecule has 0 heterocycles. The molecule has 0 fully saturated rings. The largest absolute Gasteiger partial charge is 0.294 e. The highest BCUT2D eigenvalue weighted by Gasteiger charge is 2.40. The summed E-state index contributed by atoms with van der Waals surface area (Å²) in [6.07, 6.45) is 1.04. The summed E-state index contributed by atoms with van der Waals surface area (Å²) in [5.41, 5.74) is 3.72. The number of carbonyl (C=O) groups is 2. The van der Waals surface area contributed by atoms with Crippen LogP contribution in [0.5, 0.6) is 0 Å². The van der Waals surface area contributed by atoms with E-state index in [0.29, 0.717) is 12.8 Å². The van der Waals surface area contributed by atoms with E-state index in [2.05, 4.69) is 0 Å². The van der Waals surface area contributed by atoms with Crippen LogP contribution in [0.1, 0.15) is 56.5 Å². The second kappa shape index (κ2) is 4.14. The molecular weight excluding hydrogens is 248 g/mol. The summed E-state index contributed by atoms with van der Waals surface area (Å²) in [4.78, 5) is 24.7. The first-order valence-electron chi connectivity index (χ1n) is 7.00. The van der Waals surface area contributed by atoms with Crippen LogP contribution < -0.4 is 0 Å². The van der Waals surface area contributed by atoms with E-state index in [-0.39, 0.29) is 23.4 Å². The van der Waals surface area contributed by atoms with Crippen LogP contribution in [-0.2, 0) is 0 Å². The maximum absolute atomic E-state index is 12.3. The van der Waals surface area contributed by atoms with Gasteiger partial charge >= 0.3 is 0 Å². The molecule has 0 N–H and O–H groups in total. The quantitative estimate of drug-likeness (QED) is 0.725. The van der Waals surface area contributed by atoms with Gasteiger partial charge in [0, 0.05) is 24.0 Å². The van der Waals surface area contributed by atoms with Crippen LogP contribution in [0.25, 0.3) is 0 Å². The van der Waals surface area contributed by atoms with E-state index in [1.54, 1.807) is 0 Å². The highest BCUT2D eigenvalue weighted by molar-refractivity contribution is 6.04. The lowest BCUT2D eigenvalue weighted by Gasteiger charge is -2.37. The van der Waals surface area contributed by atoms with Crippen molar-refractivity contribution in [2.45, 2.75) is 24.7 Å². The van der Waals surface area contributed by atoms with E-state index < -0.39 is 0 Å². The van der Waals surface area contributed by atoms with E-state index >= 15 is 0 Å². The van der Waals surface area contributed by atoms with Gasteiger partial charge in [-0.25, -0.2) is 0 Å². The van der Waals surface area contributed by atoms with Crippen LogP contribution in [0.2, 0.25) is 0 Å². The summed E-state index contributed by atoms with van der Waals surface area (Å²) in [5.74, 6) is 0.717. The van der Waals surface area contributed by atoms with Crippen molar-refractivity contribution in [2.24, 2.45) is 0 Å². The summed E-state index contributed by atoms with van der Waals surface area (Å²) in [5, 5.41) is 0. The van der Waals surface area contributed by atoms with Gasteiger partial charge in [-0.15, -0.1) is 0 Å². The van der Waals surface area contributed by atoms with Gasteiger partial charge in [0.1, 0.15) is 0 Å². The van der Waals surface area contributed by atoms with Gasteiger partial charge in [-0.1, -0.05) is 48.5 Å². The zero-order chi connectivity index (χ0) is 13.7. The fraction of sp³-hybridized carbons (Fsp3) is 0.222. The van der Waals surface area contributed by atoms with Crippen LogP contribution in [0.4, 0.5) is 0 Å². The number of hydrogen-bond donors (Lipinski definition) is 0. The van der Waals surface area contributed by atoms with Crippen molar-refractivity contribution < 1.29 is 9.59 Å². The van der Waals surface area contributed by atoms with Crippen LogP contribution in [-0.4, -0.2) is 11.6 Å². The minimum Gasteiger partial charge on any atom is -0.294 e. The molecular formula is C18H14O2. The van der Waals surface area contributed by atoms with Gasteiger partial charge in [0.15, 0.2) is 11.6 Å². The average molecular weight is 262 g/mol. The molecule has 20 heavy (non-hydrogen) atoms. The summed E-state index contributed by atoms with van der Waals surface area (Å²) < 4.78 is 0. The maximum Gasteiger partial charge on any atom is 0.163 e. The van der Waals surface area contributed by atoms with E-state index in [9.17, 15) is 9.59 Å². The van der Waals surface area contributed by atoms with Gasteiger partial charge in [-0.2, -0.15) is 0 Å². The third-order valence-electron chi connectivity index (χ3n) is 4.62. The molecule has 0 spiro atoms. The number of rotatable bonds is 0. The third-order valence-corrected chi connectivity index (χ3v) is 4.62. The highest BCUT2D eigenvalue weighted by atomic mass is 16.1. The Kier molecular flexibility index (Phi) is 2.40. The number of fused-ring (bicyclic) bond motifs is 5. The maximum atomic E-state index is 12.3. The first-order chi connectivity index (χ1) is 9.75. The Morgan fingerprint density at radius 1 is 0.650 bits per heavy atom. The predicted octanol–water partition coefficient (Wildman–Crippen LogP) is 3.73. The van der Waals surface area contributed by atoms with Crippen molar-refractivity contribution >= 4 is 11.6 Å². The summed E-state index contributed by atoms with van der Waals surface area (Å²) in [7, 11) is 0. The second-order valence-electron chi connectivity index (χ2n) is 5.64. The summed E-state index contributed by atoms with van der Waals surface area (Å²) in [6, 6.07) is 15.5. The van der Waals surface area contributed by atoms with Crippen molar-refractivity contribution in [3.63, 3.8) is 0 Å². The molecule has 98 valence electrons. The van der Waals surface area contributed by atoms with Gasteiger partial charge in [0.05, 0.1) is 0 Å². The van der Waals surface area contributed by atoms with Crippen molar-refractivity contribution in [1.82, 2.24) is 0 Å². The van der Waals surface area contributed by atoms with E-state index in [1.807, 2.05) is 48.5 Å². The minimum atomic E-state index is 0.159. The first kappa shape index (κ1) is 11.6. The molecule has 2 aliphatic carbocycles. The zero-order valence-corrected chi connectivity index (χ0v) is 11.0. The Labute approximate surface area is 117 Å². The van der Waals surface area contributed by atoms with Crippen LogP contribution in [0.3, 0.4) is 0 Å². The lowest BCUT2D eigenvalue weighted by Crippen LogP contribution is -2.30. The molecule has 0 bridgehead atoms. The molecule has 0 aromatic heterocycles. The molecule has 2 atom stereocenters. The number of ketones is 2. The molecule has 2 aromatic carbocycles. The normalized spacial score (nSPS) is 23.8. The van der Waals surface area contributed by atoms with E-state index in [4.69, 9.17) is 0 Å². The molecule has 0 amide bonds. The van der Waals surface area contributed by atoms with Gasteiger partial charge in [-0.3, -0.25) is 9.59 Å². The lowest BCUT2D eigenvalue weighted by molar-refractivity contribution is 0.0904. The summed E-state index contributed by atoms with van der Waals surface area (Å²) >= 11 is 0. The minimum absolute atomic E-state index is 0.159. The molecule has 0 saturated heterocycles. The molecule has 0 radical (unpaired) electrons. The molecule has 2 aliphatic rings. The Morgan fingerprint density at radius 2 is 1.05 bits per heavy atom. The topological polar surface area (TPSA) is 34.1 Å². The second-order valence-corrected chi connectivity index (χ2v) is 5.64. The molecule has 2 aromatic rings. The third kappa shape index (κ3) is 1.51. The highest BCUT2D eigenvalue weighted by Crippen LogP contribution is 2.48. The Morgan fingerprint density at radius 3 is 1.50 bits per heavy atom. The molecule has 0 aliphatic heterocycles. The fourth-order valence-electron chi connectivity index (χ4n) is 3.71. The monoisotopic (exact) mass is 262 g/mol. The van der Waals surface area contributed by atoms with Crippen LogP contribution in [0.15, 0.2) is 48.5 Å². The van der Waals surface area contributed by atoms with E-state index in [1.165, 1.54) is 0 Å². The Hall–Kier alpha value is -2.22. The van der Waals surface area contributed by atoms with E-state index in [0.717, 1.165) is 22.3 Å². The van der Waals surface area contributed by atoms with Crippen molar-refractivity contribution in [1.29, 1.82) is 0 Å². The molecule has 4 rings (SSSR count). The van der Waals surface area contributed by atoms with Crippen molar-refractivity contribution in [3.05, 3.63) is 70.8 Å². The zero-order valence-electron chi connectivity index (χ0n) is 11.0. The Bertz CT molecular complexity index is 666. The Balaban J connectivity index is 1.92. The molecule has 2 nitrogen and oxygen atoms in total. The first-order valence-corrected chi connectivity index (χ1v) is 7.00. The SMILES string of the molecule is O=C1C[C@@H]2c3ccccc3C(=O)C[C@@H]2c2ccccc21. The number of carbonyl (C=O) groups excluding carboxylic acids is 2. The van der Waals surface area contributed by atoms with Gasteiger partial charge in [0.2, 0.25) is 0 Å². The smallest absolute Gasteiger partial charge is 0.163 e. The van der Waals surface area contributed by atoms with Gasteiger partial charge in [-0.05, 0) is 23.0 Å². The molecule has 2 heteroatoms. The predicted molar refractivity (Wildman–Crippen MR) is 76.3 cm³/mol. The molecule has 0 unspecified atom stereocenters. The molecule has 0 saturated carbocycles. The standard InChI is InChI=1S/C18H14O2/c19-17-10-16-12-6-2-4-8-14(12)18(20)9-15(16)11-5-1-3-7-13(11)17/h1-8,15-16H,9-10H2/t15-,16-/m1/s1. The summed E-state index contributed by atoms with van der Waals surface area (Å²) in [6.45, 7) is 0. The van der Waals surface area contributed by atoms with Gasteiger partial charge in [0.25, 0.3) is 0 Å². The fourth-order valence-corrected chi connectivity index (χ4v) is 3.71. The van der Waals surface area contributed by atoms with Crippen molar-refractivity contribution in [3.8, 4) is 0 Å². The average Bonchev–Trinajstić information content (AvgIpc) is 2.49. The van der Waals surface area contributed by atoms with Gasteiger partial charge < -0.3 is 0 Å². The number of benzene rings is 2. The number of Topliss-reactive ketones (excluding diaryl/α,β-unsaturated/α-hetero) is 2. The van der Waals surface area contributed by atoms with Crippen LogP contribution >= 0.6 is 0 Å². The van der Waals surface area contributed by atoms with Crippen molar-refractivity contribution in [2.75, 3.05) is 0 Å².